The standard InChI is InChI=1S/C16H16FN7O/c1-24(2)16-21-14(19-12-7-5-11(17)6-8-12)20-15(22-16)23-18-10-13-4-3-9-25-13/h3-10H,1-2H3,(H2,19,20,21,22,23). The predicted octanol–water partition coefficient (Wildman–Crippen LogP) is 2.86. The third-order valence-corrected chi connectivity index (χ3v) is 3.02. The van der Waals surface area contributed by atoms with Crippen LogP contribution in [-0.4, -0.2) is 35.3 Å². The first-order valence-corrected chi connectivity index (χ1v) is 7.39. The normalized spacial score (nSPS) is 10.8. The van der Waals surface area contributed by atoms with Crippen molar-refractivity contribution in [2.75, 3.05) is 29.7 Å². The summed E-state index contributed by atoms with van der Waals surface area (Å²) in [6, 6.07) is 9.42. The van der Waals surface area contributed by atoms with Crippen molar-refractivity contribution in [3.8, 4) is 0 Å². The van der Waals surface area contributed by atoms with E-state index in [1.165, 1.54) is 18.3 Å². The van der Waals surface area contributed by atoms with Crippen LogP contribution in [0.2, 0.25) is 0 Å². The Morgan fingerprint density at radius 2 is 1.84 bits per heavy atom. The van der Waals surface area contributed by atoms with Crippen LogP contribution in [0.3, 0.4) is 0 Å². The molecule has 0 aliphatic rings. The lowest BCUT2D eigenvalue weighted by Crippen LogP contribution is -2.15. The van der Waals surface area contributed by atoms with Gasteiger partial charge >= 0.3 is 0 Å². The number of halogens is 1. The fourth-order valence-electron chi connectivity index (χ4n) is 1.85. The first-order chi connectivity index (χ1) is 12.1. The molecule has 3 rings (SSSR count). The average Bonchev–Trinajstić information content (AvgIpc) is 3.10. The van der Waals surface area contributed by atoms with Crippen LogP contribution >= 0.6 is 0 Å². The van der Waals surface area contributed by atoms with E-state index in [1.54, 1.807) is 35.4 Å². The molecule has 2 N–H and O–H groups in total. The van der Waals surface area contributed by atoms with Crippen molar-refractivity contribution >= 4 is 29.7 Å². The van der Waals surface area contributed by atoms with E-state index in [-0.39, 0.29) is 11.8 Å². The van der Waals surface area contributed by atoms with Gasteiger partial charge in [-0.25, -0.2) is 9.82 Å². The molecule has 0 fully saturated rings. The summed E-state index contributed by atoms with van der Waals surface area (Å²) in [6.45, 7) is 0. The number of rotatable bonds is 6. The predicted molar refractivity (Wildman–Crippen MR) is 93.8 cm³/mol. The molecule has 0 unspecified atom stereocenters. The van der Waals surface area contributed by atoms with Crippen molar-refractivity contribution in [2.45, 2.75) is 0 Å². The Bertz CT molecular complexity index is 847. The van der Waals surface area contributed by atoms with E-state index < -0.39 is 0 Å². The molecule has 9 heteroatoms. The average molecular weight is 341 g/mol. The number of hydrazone groups is 1. The van der Waals surface area contributed by atoms with Crippen molar-refractivity contribution in [1.29, 1.82) is 0 Å². The van der Waals surface area contributed by atoms with Crippen molar-refractivity contribution in [1.82, 2.24) is 15.0 Å². The molecule has 0 saturated carbocycles. The number of nitrogens with zero attached hydrogens (tertiary/aromatic N) is 5. The van der Waals surface area contributed by atoms with Gasteiger partial charge in [-0.1, -0.05) is 0 Å². The maximum atomic E-state index is 13.0. The van der Waals surface area contributed by atoms with Crippen LogP contribution in [0.4, 0.5) is 27.9 Å². The van der Waals surface area contributed by atoms with Gasteiger partial charge in [-0.2, -0.15) is 20.1 Å². The number of benzene rings is 1. The maximum Gasteiger partial charge on any atom is 0.250 e. The Labute approximate surface area is 143 Å². The van der Waals surface area contributed by atoms with Gasteiger partial charge in [0.1, 0.15) is 11.6 Å². The molecule has 0 aliphatic carbocycles. The second kappa shape index (κ2) is 7.39. The molecule has 0 bridgehead atoms. The summed E-state index contributed by atoms with van der Waals surface area (Å²) in [5.41, 5.74) is 3.39. The summed E-state index contributed by atoms with van der Waals surface area (Å²) >= 11 is 0. The number of hydrogen-bond donors (Lipinski definition) is 2. The van der Waals surface area contributed by atoms with Crippen molar-refractivity contribution in [3.63, 3.8) is 0 Å². The second-order valence-corrected chi connectivity index (χ2v) is 5.19. The largest absolute Gasteiger partial charge is 0.463 e. The third-order valence-electron chi connectivity index (χ3n) is 3.02. The summed E-state index contributed by atoms with van der Waals surface area (Å²) in [4.78, 5) is 14.5. The first-order valence-electron chi connectivity index (χ1n) is 7.39. The summed E-state index contributed by atoms with van der Waals surface area (Å²) in [6.07, 6.45) is 3.06. The molecule has 0 saturated heterocycles. The van der Waals surface area contributed by atoms with E-state index in [0.29, 0.717) is 23.3 Å². The highest BCUT2D eigenvalue weighted by Gasteiger charge is 2.08. The van der Waals surface area contributed by atoms with Gasteiger partial charge in [0.05, 0.1) is 12.5 Å². The molecular formula is C16H16FN7O. The van der Waals surface area contributed by atoms with E-state index in [0.717, 1.165) is 0 Å². The molecule has 2 heterocycles. The monoisotopic (exact) mass is 341 g/mol. The molecule has 128 valence electrons. The zero-order valence-electron chi connectivity index (χ0n) is 13.6. The van der Waals surface area contributed by atoms with Gasteiger partial charge < -0.3 is 14.6 Å². The lowest BCUT2D eigenvalue weighted by atomic mass is 10.3. The van der Waals surface area contributed by atoms with Crippen molar-refractivity contribution < 1.29 is 8.81 Å². The first kappa shape index (κ1) is 16.4. The van der Waals surface area contributed by atoms with Gasteiger partial charge in [0, 0.05) is 19.8 Å². The molecule has 0 aliphatic heterocycles. The number of nitrogens with one attached hydrogen (secondary N) is 2. The number of furan rings is 1. The Morgan fingerprint density at radius 3 is 2.52 bits per heavy atom. The Hall–Kier alpha value is -3.49. The molecule has 0 atom stereocenters. The highest BCUT2D eigenvalue weighted by atomic mass is 19.1. The van der Waals surface area contributed by atoms with Crippen LogP contribution in [0, 0.1) is 5.82 Å². The van der Waals surface area contributed by atoms with Crippen LogP contribution < -0.4 is 15.6 Å². The maximum absolute atomic E-state index is 13.0. The van der Waals surface area contributed by atoms with Crippen molar-refractivity contribution in [3.05, 3.63) is 54.2 Å². The van der Waals surface area contributed by atoms with E-state index >= 15 is 0 Å². The molecule has 0 spiro atoms. The Balaban J connectivity index is 1.80. The number of hydrogen-bond acceptors (Lipinski definition) is 8. The Kier molecular flexibility index (Phi) is 4.84. The minimum Gasteiger partial charge on any atom is -0.463 e. The molecule has 2 aromatic heterocycles. The fourth-order valence-corrected chi connectivity index (χ4v) is 1.85. The SMILES string of the molecule is CN(C)c1nc(NN=Cc2ccco2)nc(Nc2ccc(F)cc2)n1. The van der Waals surface area contributed by atoms with Crippen LogP contribution in [0.1, 0.15) is 5.76 Å². The third kappa shape index (κ3) is 4.50. The Morgan fingerprint density at radius 1 is 1.08 bits per heavy atom. The number of aromatic nitrogens is 3. The zero-order valence-corrected chi connectivity index (χ0v) is 13.6. The lowest BCUT2D eigenvalue weighted by molar-refractivity contribution is 0.560. The van der Waals surface area contributed by atoms with Gasteiger partial charge in [0.15, 0.2) is 0 Å². The lowest BCUT2D eigenvalue weighted by Gasteiger charge is -2.13. The van der Waals surface area contributed by atoms with Crippen LogP contribution in [0.15, 0.2) is 52.2 Å². The van der Waals surface area contributed by atoms with Crippen LogP contribution in [0.25, 0.3) is 0 Å². The van der Waals surface area contributed by atoms with E-state index in [4.69, 9.17) is 4.42 Å². The van der Waals surface area contributed by atoms with Gasteiger partial charge in [-0.05, 0) is 36.4 Å². The molecule has 3 aromatic rings. The van der Waals surface area contributed by atoms with E-state index in [9.17, 15) is 4.39 Å². The summed E-state index contributed by atoms with van der Waals surface area (Å²) in [5.74, 6) is 1.28. The van der Waals surface area contributed by atoms with Gasteiger partial charge in [0.25, 0.3) is 0 Å². The molecule has 1 aromatic carbocycles. The zero-order chi connectivity index (χ0) is 17.6. The topological polar surface area (TPSA) is 91.5 Å². The smallest absolute Gasteiger partial charge is 0.250 e. The van der Waals surface area contributed by atoms with E-state index in [1.807, 2.05) is 14.1 Å². The molecular weight excluding hydrogens is 325 g/mol. The van der Waals surface area contributed by atoms with Gasteiger partial charge in [-0.3, -0.25) is 0 Å². The van der Waals surface area contributed by atoms with Crippen molar-refractivity contribution in [2.24, 2.45) is 5.10 Å². The highest BCUT2D eigenvalue weighted by molar-refractivity contribution is 5.76. The second-order valence-electron chi connectivity index (χ2n) is 5.19. The van der Waals surface area contributed by atoms with Gasteiger partial charge in [0.2, 0.25) is 17.8 Å². The van der Waals surface area contributed by atoms with E-state index in [2.05, 4.69) is 30.8 Å². The molecule has 0 amide bonds. The molecule has 0 radical (unpaired) electrons. The fraction of sp³-hybridized carbons (Fsp3) is 0.125. The van der Waals surface area contributed by atoms with Crippen LogP contribution in [-0.2, 0) is 0 Å². The minimum atomic E-state index is -0.315. The highest BCUT2D eigenvalue weighted by Crippen LogP contribution is 2.17. The quantitative estimate of drug-likeness (QED) is 0.526. The summed E-state index contributed by atoms with van der Waals surface area (Å²) in [5, 5.41) is 7.03. The summed E-state index contributed by atoms with van der Waals surface area (Å²) in [7, 11) is 3.62. The molecule has 25 heavy (non-hydrogen) atoms. The minimum absolute atomic E-state index is 0.256. The van der Waals surface area contributed by atoms with Gasteiger partial charge in [-0.15, -0.1) is 0 Å². The number of anilines is 4. The summed E-state index contributed by atoms with van der Waals surface area (Å²) < 4.78 is 18.2. The van der Waals surface area contributed by atoms with Crippen LogP contribution in [0.5, 0.6) is 0 Å². The molecule has 8 nitrogen and oxygen atoms in total.